The average molecular weight is 243 g/mol. The zero-order chi connectivity index (χ0) is 12.9. The van der Waals surface area contributed by atoms with Gasteiger partial charge in [0, 0.05) is 13.7 Å². The van der Waals surface area contributed by atoms with Crippen LogP contribution in [0.2, 0.25) is 0 Å². The molecule has 1 aliphatic carbocycles. The number of hydrogen-bond acceptors (Lipinski definition) is 3. The number of rotatable bonds is 7. The van der Waals surface area contributed by atoms with E-state index in [-0.39, 0.29) is 11.3 Å². The molecule has 1 rings (SSSR count). The van der Waals surface area contributed by atoms with Crippen LogP contribution in [0.3, 0.4) is 0 Å². The van der Waals surface area contributed by atoms with E-state index in [2.05, 4.69) is 5.32 Å². The Balaban J connectivity index is 2.57. The summed E-state index contributed by atoms with van der Waals surface area (Å²) < 4.78 is 5.01. The highest BCUT2D eigenvalue weighted by atomic mass is 16.5. The summed E-state index contributed by atoms with van der Waals surface area (Å²) in [5, 5.41) is 11.5. The Bertz CT molecular complexity index is 286. The van der Waals surface area contributed by atoms with Crippen molar-refractivity contribution in [1.29, 1.82) is 0 Å². The molecule has 1 atom stereocenters. The molecular weight excluding hydrogens is 222 g/mol. The van der Waals surface area contributed by atoms with Crippen molar-refractivity contribution in [3.63, 3.8) is 0 Å². The van der Waals surface area contributed by atoms with E-state index in [0.29, 0.717) is 19.4 Å². The van der Waals surface area contributed by atoms with E-state index in [4.69, 9.17) is 9.84 Å². The predicted octanol–water partition coefficient (Wildman–Crippen LogP) is 1.17. The minimum atomic E-state index is -0.970. The monoisotopic (exact) mass is 243 g/mol. The lowest BCUT2D eigenvalue weighted by atomic mass is 9.66. The van der Waals surface area contributed by atoms with Crippen molar-refractivity contribution < 1.29 is 19.4 Å². The minimum absolute atomic E-state index is 0.130. The van der Waals surface area contributed by atoms with Crippen LogP contribution in [0, 0.1) is 5.41 Å². The van der Waals surface area contributed by atoms with Crippen LogP contribution in [0.4, 0.5) is 0 Å². The molecule has 0 bridgehead atoms. The van der Waals surface area contributed by atoms with Crippen LogP contribution in [0.15, 0.2) is 0 Å². The molecule has 0 aliphatic heterocycles. The maximum absolute atomic E-state index is 12.1. The van der Waals surface area contributed by atoms with Crippen molar-refractivity contribution in [3.05, 3.63) is 0 Å². The first-order valence-electron chi connectivity index (χ1n) is 6.08. The predicted molar refractivity (Wildman–Crippen MR) is 62.6 cm³/mol. The third-order valence-corrected chi connectivity index (χ3v) is 3.59. The smallest absolute Gasteiger partial charge is 0.326 e. The third kappa shape index (κ3) is 3.19. The molecule has 1 amide bonds. The van der Waals surface area contributed by atoms with Gasteiger partial charge >= 0.3 is 5.97 Å². The van der Waals surface area contributed by atoms with Crippen molar-refractivity contribution in [2.24, 2.45) is 5.41 Å². The average Bonchev–Trinajstić information content (AvgIpc) is 2.24. The fraction of sp³-hybridized carbons (Fsp3) is 0.833. The first-order valence-corrected chi connectivity index (χ1v) is 6.08. The highest BCUT2D eigenvalue weighted by Crippen LogP contribution is 2.44. The number of aliphatic carboxylic acids is 1. The molecule has 98 valence electrons. The maximum atomic E-state index is 12.1. The van der Waals surface area contributed by atoms with Gasteiger partial charge in [-0.3, -0.25) is 4.79 Å². The third-order valence-electron chi connectivity index (χ3n) is 3.59. The van der Waals surface area contributed by atoms with Crippen molar-refractivity contribution >= 4 is 11.9 Å². The van der Waals surface area contributed by atoms with Gasteiger partial charge in [-0.15, -0.1) is 0 Å². The van der Waals surface area contributed by atoms with Gasteiger partial charge in [-0.25, -0.2) is 4.79 Å². The Hall–Kier alpha value is -1.10. The molecule has 1 saturated carbocycles. The molecule has 5 nitrogen and oxygen atoms in total. The number of methoxy groups -OCH3 is 1. The van der Waals surface area contributed by atoms with Crippen molar-refractivity contribution in [2.75, 3.05) is 13.7 Å². The zero-order valence-corrected chi connectivity index (χ0v) is 10.5. The fourth-order valence-electron chi connectivity index (χ4n) is 2.14. The molecule has 17 heavy (non-hydrogen) atoms. The van der Waals surface area contributed by atoms with E-state index in [1.54, 1.807) is 14.0 Å². The van der Waals surface area contributed by atoms with Crippen LogP contribution >= 0.6 is 0 Å². The van der Waals surface area contributed by atoms with Gasteiger partial charge in [-0.2, -0.15) is 0 Å². The summed E-state index contributed by atoms with van der Waals surface area (Å²) in [4.78, 5) is 23.0. The van der Waals surface area contributed by atoms with Gasteiger partial charge in [0.1, 0.15) is 6.04 Å². The summed E-state index contributed by atoms with van der Waals surface area (Å²) in [6, 6.07) is -0.775. The molecule has 5 heteroatoms. The molecule has 0 aromatic rings. The van der Waals surface area contributed by atoms with Gasteiger partial charge in [0.15, 0.2) is 0 Å². The van der Waals surface area contributed by atoms with Crippen LogP contribution in [0.1, 0.15) is 39.0 Å². The largest absolute Gasteiger partial charge is 0.480 e. The lowest BCUT2D eigenvalue weighted by Crippen LogP contribution is -2.51. The summed E-state index contributed by atoms with van der Waals surface area (Å²) in [6.45, 7) is 2.29. The van der Waals surface area contributed by atoms with E-state index in [1.165, 1.54) is 0 Å². The van der Waals surface area contributed by atoms with Crippen molar-refractivity contribution in [1.82, 2.24) is 5.32 Å². The van der Waals surface area contributed by atoms with E-state index in [1.807, 2.05) is 0 Å². The Morgan fingerprint density at radius 3 is 2.47 bits per heavy atom. The molecule has 0 aromatic heterocycles. The Kier molecular flexibility index (Phi) is 4.93. The second kappa shape index (κ2) is 6.00. The molecule has 0 heterocycles. The van der Waals surface area contributed by atoms with E-state index < -0.39 is 12.0 Å². The second-order valence-electron chi connectivity index (χ2n) is 4.65. The Morgan fingerprint density at radius 1 is 1.47 bits per heavy atom. The van der Waals surface area contributed by atoms with Crippen LogP contribution in [0.25, 0.3) is 0 Å². The summed E-state index contributed by atoms with van der Waals surface area (Å²) in [6.07, 6.45) is 3.77. The number of carboxylic acids is 1. The highest BCUT2D eigenvalue weighted by molar-refractivity contribution is 5.88. The van der Waals surface area contributed by atoms with Crippen LogP contribution in [-0.2, 0) is 14.3 Å². The molecule has 0 radical (unpaired) electrons. The topological polar surface area (TPSA) is 75.6 Å². The molecule has 1 unspecified atom stereocenters. The van der Waals surface area contributed by atoms with Crippen molar-refractivity contribution in [2.45, 2.75) is 45.1 Å². The quantitative estimate of drug-likeness (QED) is 0.704. The van der Waals surface area contributed by atoms with E-state index >= 15 is 0 Å². The number of amides is 1. The SMILES string of the molecule is CCC(NC(=O)C1(CCOC)CCC1)C(=O)O. The summed E-state index contributed by atoms with van der Waals surface area (Å²) in [5.41, 5.74) is -0.390. The summed E-state index contributed by atoms with van der Waals surface area (Å²) in [5.74, 6) is -1.10. The summed E-state index contributed by atoms with van der Waals surface area (Å²) in [7, 11) is 1.61. The standard InChI is InChI=1S/C12H21NO4/c1-3-9(10(14)15)13-11(16)12(5-4-6-12)7-8-17-2/h9H,3-8H2,1-2H3,(H,13,16)(H,14,15). The number of carbonyl (C=O) groups is 2. The van der Waals surface area contributed by atoms with Gasteiger partial charge in [-0.1, -0.05) is 13.3 Å². The van der Waals surface area contributed by atoms with Gasteiger partial charge in [0.25, 0.3) is 0 Å². The fourth-order valence-corrected chi connectivity index (χ4v) is 2.14. The molecule has 1 aliphatic rings. The number of carbonyl (C=O) groups excluding carboxylic acids is 1. The zero-order valence-electron chi connectivity index (χ0n) is 10.5. The number of ether oxygens (including phenoxy) is 1. The highest BCUT2D eigenvalue weighted by Gasteiger charge is 2.44. The molecule has 0 saturated heterocycles. The number of hydrogen-bond donors (Lipinski definition) is 2. The number of nitrogens with one attached hydrogen (secondary N) is 1. The van der Waals surface area contributed by atoms with E-state index in [9.17, 15) is 9.59 Å². The molecule has 2 N–H and O–H groups in total. The lowest BCUT2D eigenvalue weighted by Gasteiger charge is -2.40. The first-order chi connectivity index (χ1) is 8.05. The van der Waals surface area contributed by atoms with Crippen LogP contribution in [0.5, 0.6) is 0 Å². The molecule has 0 spiro atoms. The summed E-state index contributed by atoms with van der Waals surface area (Å²) >= 11 is 0. The van der Waals surface area contributed by atoms with E-state index in [0.717, 1.165) is 19.3 Å². The van der Waals surface area contributed by atoms with Crippen LogP contribution < -0.4 is 5.32 Å². The number of carboxylic acid groups (broad SMARTS) is 1. The maximum Gasteiger partial charge on any atom is 0.326 e. The lowest BCUT2D eigenvalue weighted by molar-refractivity contribution is -0.146. The first kappa shape index (κ1) is 14.0. The Morgan fingerprint density at radius 2 is 2.12 bits per heavy atom. The van der Waals surface area contributed by atoms with Crippen molar-refractivity contribution in [3.8, 4) is 0 Å². The van der Waals surface area contributed by atoms with Gasteiger partial charge < -0.3 is 15.2 Å². The van der Waals surface area contributed by atoms with Gasteiger partial charge in [0.05, 0.1) is 5.41 Å². The van der Waals surface area contributed by atoms with Gasteiger partial charge in [-0.05, 0) is 25.7 Å². The second-order valence-corrected chi connectivity index (χ2v) is 4.65. The molecule has 0 aromatic carbocycles. The van der Waals surface area contributed by atoms with Crippen LogP contribution in [-0.4, -0.2) is 36.7 Å². The van der Waals surface area contributed by atoms with Gasteiger partial charge in [0.2, 0.25) is 5.91 Å². The Labute approximate surface area is 102 Å². The molecule has 1 fully saturated rings. The normalized spacial score (nSPS) is 19.2. The minimum Gasteiger partial charge on any atom is -0.480 e. The molecular formula is C12H21NO4.